The fraction of sp³-hybridized carbons (Fsp3) is 0.200. The summed E-state index contributed by atoms with van der Waals surface area (Å²) in [6, 6.07) is 19.5. The van der Waals surface area contributed by atoms with Gasteiger partial charge in [-0.2, -0.15) is 16.9 Å². The predicted molar refractivity (Wildman–Crippen MR) is 143 cm³/mol. The topological polar surface area (TPSA) is 97.3 Å². The highest BCUT2D eigenvalue weighted by Crippen LogP contribution is 2.27. The molecular formula is C25H24ClN3O5S2. The summed E-state index contributed by atoms with van der Waals surface area (Å²) in [6.07, 6.45) is 1.73. The lowest BCUT2D eigenvalue weighted by Gasteiger charge is -2.25. The van der Waals surface area contributed by atoms with E-state index < -0.39 is 22.5 Å². The molecule has 1 saturated heterocycles. The van der Waals surface area contributed by atoms with Gasteiger partial charge in [0.25, 0.3) is 15.9 Å². The first-order chi connectivity index (χ1) is 17.3. The summed E-state index contributed by atoms with van der Waals surface area (Å²) in [5.74, 6) is 2.66. The number of anilines is 1. The first kappa shape index (κ1) is 25.9. The van der Waals surface area contributed by atoms with E-state index in [0.29, 0.717) is 10.8 Å². The number of hydrazone groups is 1. The van der Waals surface area contributed by atoms with E-state index in [-0.39, 0.29) is 16.7 Å². The average molecular weight is 546 g/mol. The van der Waals surface area contributed by atoms with E-state index in [1.165, 1.54) is 43.7 Å². The van der Waals surface area contributed by atoms with Crippen molar-refractivity contribution in [1.82, 2.24) is 5.43 Å². The minimum atomic E-state index is -4.09. The average Bonchev–Trinajstić information content (AvgIpc) is 2.85. The van der Waals surface area contributed by atoms with Crippen LogP contribution in [0.15, 0.2) is 82.8 Å². The Balaban J connectivity index is 1.46. The zero-order chi connectivity index (χ0) is 25.5. The van der Waals surface area contributed by atoms with E-state index >= 15 is 0 Å². The standard InChI is InChI=1S/C25H24ClN3O5S2/c1-33-21-9-11-24(12-10-21)36(31,32)29(20-4-2-3-19(26)13-20)15-25(30)28-27-14-18-5-7-22(8-6-18)34-23-16-35-17-23/h2-14,23H,15-17H2,1H3,(H,28,30)/b27-14-. The van der Waals surface area contributed by atoms with Gasteiger partial charge in [0, 0.05) is 16.5 Å². The summed E-state index contributed by atoms with van der Waals surface area (Å²) in [5, 5.41) is 4.31. The number of methoxy groups -OCH3 is 1. The predicted octanol–water partition coefficient (Wildman–Crippen LogP) is 4.19. The van der Waals surface area contributed by atoms with Crippen LogP contribution >= 0.6 is 23.4 Å². The molecule has 0 saturated carbocycles. The van der Waals surface area contributed by atoms with E-state index in [1.807, 2.05) is 36.0 Å². The molecule has 1 aliphatic heterocycles. The number of hydrogen-bond acceptors (Lipinski definition) is 7. The molecule has 0 aliphatic carbocycles. The van der Waals surface area contributed by atoms with Crippen molar-refractivity contribution in [1.29, 1.82) is 0 Å². The molecule has 0 bridgehead atoms. The van der Waals surface area contributed by atoms with Crippen molar-refractivity contribution in [3.8, 4) is 11.5 Å². The number of halogens is 1. The van der Waals surface area contributed by atoms with Crippen LogP contribution in [-0.2, 0) is 14.8 Å². The smallest absolute Gasteiger partial charge is 0.264 e. The van der Waals surface area contributed by atoms with Crippen molar-refractivity contribution in [2.24, 2.45) is 5.10 Å². The second-order valence-corrected chi connectivity index (χ2v) is 11.2. The molecule has 0 radical (unpaired) electrons. The van der Waals surface area contributed by atoms with E-state index in [0.717, 1.165) is 27.1 Å². The fourth-order valence-electron chi connectivity index (χ4n) is 3.27. The van der Waals surface area contributed by atoms with Crippen LogP contribution in [0.4, 0.5) is 5.69 Å². The minimum Gasteiger partial charge on any atom is -0.497 e. The fourth-order valence-corrected chi connectivity index (χ4v) is 5.43. The maximum absolute atomic E-state index is 13.4. The van der Waals surface area contributed by atoms with Crippen molar-refractivity contribution in [3.63, 3.8) is 0 Å². The van der Waals surface area contributed by atoms with Gasteiger partial charge in [-0.05, 0) is 72.3 Å². The van der Waals surface area contributed by atoms with Gasteiger partial charge in [-0.1, -0.05) is 17.7 Å². The van der Waals surface area contributed by atoms with Crippen LogP contribution < -0.4 is 19.2 Å². The number of carbonyl (C=O) groups is 1. The number of amides is 1. The molecule has 4 rings (SSSR count). The molecule has 1 amide bonds. The number of benzene rings is 3. The van der Waals surface area contributed by atoms with Gasteiger partial charge in [-0.3, -0.25) is 9.10 Å². The molecule has 1 aliphatic rings. The Kier molecular flexibility index (Phi) is 8.40. The number of sulfonamides is 1. The zero-order valence-corrected chi connectivity index (χ0v) is 21.7. The van der Waals surface area contributed by atoms with Crippen LogP contribution in [0, 0.1) is 0 Å². The number of ether oxygens (including phenoxy) is 2. The Labute approximate surface area is 219 Å². The number of nitrogens with zero attached hydrogens (tertiary/aromatic N) is 2. The first-order valence-corrected chi connectivity index (χ1v) is 13.9. The zero-order valence-electron chi connectivity index (χ0n) is 19.3. The highest BCUT2D eigenvalue weighted by atomic mass is 35.5. The van der Waals surface area contributed by atoms with E-state index in [4.69, 9.17) is 21.1 Å². The Morgan fingerprint density at radius 3 is 2.42 bits per heavy atom. The second-order valence-electron chi connectivity index (χ2n) is 7.81. The second kappa shape index (κ2) is 11.7. The highest BCUT2D eigenvalue weighted by molar-refractivity contribution is 8.00. The molecule has 1 heterocycles. The lowest BCUT2D eigenvalue weighted by Crippen LogP contribution is -2.39. The van der Waals surface area contributed by atoms with E-state index in [1.54, 1.807) is 18.2 Å². The van der Waals surface area contributed by atoms with Gasteiger partial charge < -0.3 is 9.47 Å². The van der Waals surface area contributed by atoms with Crippen molar-refractivity contribution in [3.05, 3.63) is 83.4 Å². The summed E-state index contributed by atoms with van der Waals surface area (Å²) in [6.45, 7) is -0.502. The number of hydrogen-bond donors (Lipinski definition) is 1. The third-order valence-electron chi connectivity index (χ3n) is 5.22. The Morgan fingerprint density at radius 2 is 1.81 bits per heavy atom. The van der Waals surface area contributed by atoms with Gasteiger partial charge in [-0.15, -0.1) is 0 Å². The normalized spacial score (nSPS) is 13.7. The van der Waals surface area contributed by atoms with Crippen LogP contribution in [0.1, 0.15) is 5.56 Å². The van der Waals surface area contributed by atoms with Gasteiger partial charge >= 0.3 is 0 Å². The first-order valence-electron chi connectivity index (χ1n) is 10.9. The lowest BCUT2D eigenvalue weighted by atomic mass is 10.2. The Hall–Kier alpha value is -3.21. The molecule has 3 aromatic rings. The largest absolute Gasteiger partial charge is 0.497 e. The monoisotopic (exact) mass is 545 g/mol. The quantitative estimate of drug-likeness (QED) is 0.303. The maximum Gasteiger partial charge on any atom is 0.264 e. The van der Waals surface area contributed by atoms with Crippen LogP contribution in [0.5, 0.6) is 11.5 Å². The molecule has 8 nitrogen and oxygen atoms in total. The number of nitrogens with one attached hydrogen (secondary N) is 1. The number of rotatable bonds is 10. The van der Waals surface area contributed by atoms with Gasteiger partial charge in [0.15, 0.2) is 0 Å². The minimum absolute atomic E-state index is 0.00220. The van der Waals surface area contributed by atoms with Crippen LogP contribution in [0.2, 0.25) is 5.02 Å². The molecule has 0 atom stereocenters. The molecule has 11 heteroatoms. The summed E-state index contributed by atoms with van der Waals surface area (Å²) in [4.78, 5) is 12.7. The van der Waals surface area contributed by atoms with Crippen molar-refractivity contribution < 1.29 is 22.7 Å². The third kappa shape index (κ3) is 6.51. The molecule has 0 spiro atoms. The Bertz CT molecular complexity index is 1330. The molecule has 36 heavy (non-hydrogen) atoms. The summed E-state index contributed by atoms with van der Waals surface area (Å²) < 4.78 is 38.7. The van der Waals surface area contributed by atoms with E-state index in [2.05, 4.69) is 10.5 Å². The summed E-state index contributed by atoms with van der Waals surface area (Å²) >= 11 is 7.94. The molecule has 0 aromatic heterocycles. The van der Waals surface area contributed by atoms with E-state index in [9.17, 15) is 13.2 Å². The molecule has 1 fully saturated rings. The van der Waals surface area contributed by atoms with Crippen LogP contribution in [-0.4, -0.2) is 51.8 Å². The molecule has 3 aromatic carbocycles. The molecule has 1 N–H and O–H groups in total. The van der Waals surface area contributed by atoms with Crippen molar-refractivity contribution >= 4 is 51.2 Å². The molecule has 0 unspecified atom stereocenters. The highest BCUT2D eigenvalue weighted by Gasteiger charge is 2.27. The van der Waals surface area contributed by atoms with Crippen molar-refractivity contribution in [2.75, 3.05) is 29.5 Å². The maximum atomic E-state index is 13.4. The lowest BCUT2D eigenvalue weighted by molar-refractivity contribution is -0.119. The van der Waals surface area contributed by atoms with Crippen LogP contribution in [0.25, 0.3) is 0 Å². The summed E-state index contributed by atoms with van der Waals surface area (Å²) in [5.41, 5.74) is 3.39. The van der Waals surface area contributed by atoms with Gasteiger partial charge in [0.05, 0.1) is 23.9 Å². The number of carbonyl (C=O) groups excluding carboxylic acids is 1. The third-order valence-corrected chi connectivity index (χ3v) is 8.46. The molecule has 188 valence electrons. The van der Waals surface area contributed by atoms with Gasteiger partial charge in [0.1, 0.15) is 24.1 Å². The van der Waals surface area contributed by atoms with Gasteiger partial charge in [-0.25, -0.2) is 13.8 Å². The summed E-state index contributed by atoms with van der Waals surface area (Å²) in [7, 11) is -2.60. The van der Waals surface area contributed by atoms with Crippen molar-refractivity contribution in [2.45, 2.75) is 11.0 Å². The number of thioether (sulfide) groups is 1. The van der Waals surface area contributed by atoms with Gasteiger partial charge in [0.2, 0.25) is 0 Å². The molecular weight excluding hydrogens is 522 g/mol. The SMILES string of the molecule is COc1ccc(S(=O)(=O)N(CC(=O)N/N=C\c2ccc(OC3CSC3)cc2)c2cccc(Cl)c2)cc1. The Morgan fingerprint density at radius 1 is 1.11 bits per heavy atom. The van der Waals surface area contributed by atoms with Crippen LogP contribution in [0.3, 0.4) is 0 Å².